The number of carbonyl (C=O) groups is 2. The maximum Gasteiger partial charge on any atom is 0.330 e. The van der Waals surface area contributed by atoms with Crippen LogP contribution < -0.4 is 9.47 Å². The molecule has 0 amide bonds. The van der Waals surface area contributed by atoms with Crippen LogP contribution in [0.15, 0.2) is 49.6 Å². The molecule has 1 aromatic rings. The molecule has 8 heteroatoms. The Morgan fingerprint density at radius 3 is 2.12 bits per heavy atom. The average Bonchev–Trinajstić information content (AvgIpc) is 2.67. The van der Waals surface area contributed by atoms with Crippen molar-refractivity contribution in [3.8, 4) is 11.5 Å². The molecule has 0 heterocycles. The van der Waals surface area contributed by atoms with Crippen molar-refractivity contribution in [2.24, 2.45) is 0 Å². The summed E-state index contributed by atoms with van der Waals surface area (Å²) in [5, 5.41) is 9.40. The van der Waals surface area contributed by atoms with Crippen molar-refractivity contribution in [3.63, 3.8) is 0 Å². The Morgan fingerprint density at radius 2 is 1.54 bits per heavy atom. The first kappa shape index (κ1) is 21.6. The molecule has 0 bridgehead atoms. The summed E-state index contributed by atoms with van der Waals surface area (Å²) in [6.07, 6.45) is 1.13. The smallest absolute Gasteiger partial charge is 0.330 e. The third-order valence-electron chi connectivity index (χ3n) is 2.86. The number of ether oxygens (including phenoxy) is 4. The van der Waals surface area contributed by atoms with E-state index in [1.54, 1.807) is 24.3 Å². The Hall–Kier alpha value is -2.45. The fourth-order valence-corrected chi connectivity index (χ4v) is 1.76. The zero-order chi connectivity index (χ0) is 19.4. The van der Waals surface area contributed by atoms with Gasteiger partial charge in [0.25, 0.3) is 0 Å². The van der Waals surface area contributed by atoms with Crippen LogP contribution in [0.3, 0.4) is 0 Å². The van der Waals surface area contributed by atoms with E-state index in [1.807, 2.05) is 0 Å². The number of hydrogen-bond acceptors (Lipinski definition) is 8. The van der Waals surface area contributed by atoms with Crippen molar-refractivity contribution >= 4 is 24.6 Å². The normalized spacial score (nSPS) is 12.4. The predicted octanol–water partition coefficient (Wildman–Crippen LogP) is 1.56. The van der Waals surface area contributed by atoms with Crippen molar-refractivity contribution in [1.29, 1.82) is 0 Å². The maximum absolute atomic E-state index is 11.0. The number of hydrogen-bond donors (Lipinski definition) is 2. The van der Waals surface area contributed by atoms with E-state index >= 15 is 0 Å². The van der Waals surface area contributed by atoms with Crippen LogP contribution in [0.2, 0.25) is 0 Å². The van der Waals surface area contributed by atoms with E-state index < -0.39 is 18.0 Å². The zero-order valence-electron chi connectivity index (χ0n) is 14.2. The first-order chi connectivity index (χ1) is 12.4. The van der Waals surface area contributed by atoms with Gasteiger partial charge in [0.2, 0.25) is 0 Å². The van der Waals surface area contributed by atoms with E-state index in [0.717, 1.165) is 12.2 Å². The van der Waals surface area contributed by atoms with E-state index in [0.29, 0.717) is 11.5 Å². The highest BCUT2D eigenvalue weighted by molar-refractivity contribution is 7.81. The van der Waals surface area contributed by atoms with Crippen molar-refractivity contribution in [2.45, 2.75) is 11.4 Å². The van der Waals surface area contributed by atoms with Crippen LogP contribution in [0.25, 0.3) is 0 Å². The minimum Gasteiger partial charge on any atom is -0.492 e. The van der Waals surface area contributed by atoms with E-state index in [9.17, 15) is 14.7 Å². The van der Waals surface area contributed by atoms with Gasteiger partial charge in [0.1, 0.15) is 44.0 Å². The zero-order valence-corrected chi connectivity index (χ0v) is 15.1. The first-order valence-electron chi connectivity index (χ1n) is 7.74. The molecule has 1 rings (SSSR count). The molecule has 0 aromatic heterocycles. The lowest BCUT2D eigenvalue weighted by atomic mass is 10.3. The number of aliphatic hydroxyl groups excluding tert-OH is 1. The van der Waals surface area contributed by atoms with Crippen LogP contribution in [0.1, 0.15) is 0 Å². The Kier molecular flexibility index (Phi) is 9.96. The number of aliphatic hydroxyl groups is 1. The summed E-state index contributed by atoms with van der Waals surface area (Å²) >= 11 is 4.27. The van der Waals surface area contributed by atoms with Gasteiger partial charge >= 0.3 is 11.9 Å². The standard InChI is InChI=1S/C18H22O7S/c1-3-17(20)24-10-13(19)9-22-14-6-5-7-15(8-14)23-11-16(26)12-25-18(21)4-2/h3-8,13,16,19,26H,1-2,9-12H2. The van der Waals surface area contributed by atoms with Crippen LogP contribution in [-0.2, 0) is 19.1 Å². The second-order valence-electron chi connectivity index (χ2n) is 5.07. The number of rotatable bonds is 12. The molecule has 7 nitrogen and oxygen atoms in total. The lowest BCUT2D eigenvalue weighted by Gasteiger charge is -2.14. The molecule has 2 unspecified atom stereocenters. The largest absolute Gasteiger partial charge is 0.492 e. The van der Waals surface area contributed by atoms with Gasteiger partial charge in [-0.2, -0.15) is 12.6 Å². The number of thiol groups is 1. The monoisotopic (exact) mass is 382 g/mol. The van der Waals surface area contributed by atoms with E-state index in [-0.39, 0.29) is 31.7 Å². The fraction of sp³-hybridized carbons (Fsp3) is 0.333. The van der Waals surface area contributed by atoms with Gasteiger partial charge in [0.05, 0.1) is 5.25 Å². The summed E-state index contributed by atoms with van der Waals surface area (Å²) in [6.45, 7) is 6.64. The third kappa shape index (κ3) is 9.14. The van der Waals surface area contributed by atoms with Gasteiger partial charge in [-0.3, -0.25) is 0 Å². The Labute approximate surface area is 157 Å². The third-order valence-corrected chi connectivity index (χ3v) is 3.16. The van der Waals surface area contributed by atoms with Crippen LogP contribution >= 0.6 is 12.6 Å². The SMILES string of the molecule is C=CC(=O)OCC(O)COc1cccc(OCC(S)COC(=O)C=C)c1. The molecular formula is C18H22O7S. The highest BCUT2D eigenvalue weighted by atomic mass is 32.1. The number of esters is 2. The summed E-state index contributed by atoms with van der Waals surface area (Å²) in [5.41, 5.74) is 0. The van der Waals surface area contributed by atoms with Crippen molar-refractivity contribution in [2.75, 3.05) is 26.4 Å². The average molecular weight is 382 g/mol. The Balaban J connectivity index is 2.37. The lowest BCUT2D eigenvalue weighted by Crippen LogP contribution is -2.24. The predicted molar refractivity (Wildman–Crippen MR) is 98.5 cm³/mol. The second-order valence-corrected chi connectivity index (χ2v) is 5.80. The van der Waals surface area contributed by atoms with Gasteiger partial charge < -0.3 is 24.1 Å². The van der Waals surface area contributed by atoms with Crippen molar-refractivity contribution in [3.05, 3.63) is 49.6 Å². The highest BCUT2D eigenvalue weighted by Crippen LogP contribution is 2.20. The van der Waals surface area contributed by atoms with Gasteiger partial charge in [-0.05, 0) is 12.1 Å². The van der Waals surface area contributed by atoms with Gasteiger partial charge in [-0.25, -0.2) is 9.59 Å². The molecule has 0 aliphatic carbocycles. The van der Waals surface area contributed by atoms with Crippen molar-refractivity contribution in [1.82, 2.24) is 0 Å². The summed E-state index contributed by atoms with van der Waals surface area (Å²) in [6, 6.07) is 6.78. The quantitative estimate of drug-likeness (QED) is 0.322. The highest BCUT2D eigenvalue weighted by Gasteiger charge is 2.10. The van der Waals surface area contributed by atoms with E-state index in [1.165, 1.54) is 0 Å². The van der Waals surface area contributed by atoms with E-state index in [4.69, 9.17) is 18.9 Å². The van der Waals surface area contributed by atoms with Gasteiger partial charge in [-0.15, -0.1) is 0 Å². The van der Waals surface area contributed by atoms with E-state index in [2.05, 4.69) is 25.8 Å². The summed E-state index contributed by atoms with van der Waals surface area (Å²) in [7, 11) is 0. The molecule has 0 radical (unpaired) electrons. The second kappa shape index (κ2) is 12.0. The molecule has 1 N–H and O–H groups in total. The molecule has 2 atom stereocenters. The molecule has 142 valence electrons. The van der Waals surface area contributed by atoms with Gasteiger partial charge in [-0.1, -0.05) is 19.2 Å². The molecule has 0 spiro atoms. The fourth-order valence-electron chi connectivity index (χ4n) is 1.61. The van der Waals surface area contributed by atoms with Crippen LogP contribution in [0.4, 0.5) is 0 Å². The van der Waals surface area contributed by atoms with Crippen LogP contribution in [-0.4, -0.2) is 54.8 Å². The summed E-state index contributed by atoms with van der Waals surface area (Å²) < 4.78 is 20.6. The first-order valence-corrected chi connectivity index (χ1v) is 8.26. The minimum atomic E-state index is -0.968. The molecule has 0 aliphatic heterocycles. The van der Waals surface area contributed by atoms with Gasteiger partial charge in [0, 0.05) is 18.2 Å². The molecule has 0 aliphatic rings. The summed E-state index contributed by atoms with van der Waals surface area (Å²) in [5.74, 6) is -0.120. The minimum absolute atomic E-state index is 0.0550. The summed E-state index contributed by atoms with van der Waals surface area (Å²) in [4.78, 5) is 21.9. The maximum atomic E-state index is 11.0. The Bertz CT molecular complexity index is 568. The van der Waals surface area contributed by atoms with Crippen LogP contribution in [0.5, 0.6) is 11.5 Å². The molecular weight excluding hydrogens is 360 g/mol. The molecule has 26 heavy (non-hydrogen) atoms. The van der Waals surface area contributed by atoms with Crippen LogP contribution in [0, 0.1) is 0 Å². The number of benzene rings is 1. The van der Waals surface area contributed by atoms with Gasteiger partial charge in [0.15, 0.2) is 0 Å². The molecule has 0 saturated heterocycles. The molecule has 1 aromatic carbocycles. The number of carbonyl (C=O) groups excluding carboxylic acids is 2. The molecule has 0 saturated carbocycles. The van der Waals surface area contributed by atoms with Crippen molar-refractivity contribution < 1.29 is 33.6 Å². The lowest BCUT2D eigenvalue weighted by molar-refractivity contribution is -0.141. The Morgan fingerprint density at radius 1 is 1.00 bits per heavy atom. The molecule has 0 fully saturated rings. The topological polar surface area (TPSA) is 91.3 Å².